The summed E-state index contributed by atoms with van der Waals surface area (Å²) >= 11 is 3.26. The predicted molar refractivity (Wildman–Crippen MR) is 507 cm³/mol. The third kappa shape index (κ3) is 16.3. The molecule has 5 aliphatic heterocycles. The molecule has 1 fully saturated rings. The molecule has 0 bridgehead atoms. The van der Waals surface area contributed by atoms with Crippen molar-refractivity contribution in [1.82, 2.24) is 79.0 Å². The van der Waals surface area contributed by atoms with Crippen LogP contribution in [0.5, 0.6) is 0 Å². The van der Waals surface area contributed by atoms with Gasteiger partial charge in [0.15, 0.2) is 46.6 Å². The molecule has 1 saturated heterocycles. The number of nitrogens with one attached hydrogen (secondary N) is 8. The van der Waals surface area contributed by atoms with Crippen LogP contribution in [0.3, 0.4) is 0 Å². The maximum atomic E-state index is 16.2. The molecule has 21 rings (SSSR count). The number of fused-ring (bicyclic) bond motifs is 16. The Bertz CT molecular complexity index is 7530. The van der Waals surface area contributed by atoms with Crippen LogP contribution < -0.4 is 26.7 Å². The zero-order chi connectivity index (χ0) is 96.2. The Labute approximate surface area is 771 Å². The minimum Gasteiger partial charge on any atom is -0.399 e. The van der Waals surface area contributed by atoms with Crippen molar-refractivity contribution in [2.75, 3.05) is 21.3 Å². The average Bonchev–Trinajstić information content (AvgIpc) is 1.67. The van der Waals surface area contributed by atoms with E-state index >= 15 is 13.2 Å². The molecule has 0 amide bonds. The smallest absolute Gasteiger partial charge is 0.399 e. The van der Waals surface area contributed by atoms with Crippen LogP contribution in [-0.2, 0) is 31.5 Å². The summed E-state index contributed by atoms with van der Waals surface area (Å²) in [4.78, 5) is 12.5. The molecule has 8 aromatic carbocycles. The minimum atomic E-state index is -0.818. The van der Waals surface area contributed by atoms with E-state index in [9.17, 15) is 27.1 Å². The van der Waals surface area contributed by atoms with Gasteiger partial charge in [0.05, 0.1) is 82.7 Å². The summed E-state index contributed by atoms with van der Waals surface area (Å²) in [7, 11) is -0.554. The number of aliphatic hydroxyl groups excluding tert-OH is 2. The first-order valence-corrected chi connectivity index (χ1v) is 43.9. The zero-order valence-corrected chi connectivity index (χ0v) is 79.3. The highest BCUT2D eigenvalue weighted by molar-refractivity contribution is 9.10. The SMILES string of the molecule is C#CC(C)O.CC1(C)OB(c2cc(F)cc3cc[nH]c23)OC1(C)C.Cc1cc(-c2cc(F)cc3c(C#CC(C)O)c[nH]c23)c(F)c2c1NC(C)(C)c1nnc(C)n1-2.Cc1cc(-c2cc(F)cc3c(C)c[nH]c23)c(F)c2c1NC(C)(C)c1nnc(C)n1-2.Cc1cc(-c2cc(F)cc3cc[nH]c23)c(F)c2c1NC(C)(C)c1nnc(C)n1-2.Cc1cc(Br)c(F)c2c1NC(C)(C)c1nnc(C)n1-2. The summed E-state index contributed by atoms with van der Waals surface area (Å²) < 4.78 is 139. The normalized spacial score (nSPS) is 15.7. The molecule has 0 saturated carbocycles. The molecule has 0 aliphatic carbocycles. The van der Waals surface area contributed by atoms with E-state index in [1.165, 1.54) is 48.5 Å². The molecule has 34 heteroatoms. The van der Waals surface area contributed by atoms with E-state index in [4.69, 9.17) is 14.4 Å². The largest absolute Gasteiger partial charge is 0.497 e. The number of aromatic nitrogens is 16. The van der Waals surface area contributed by atoms with Gasteiger partial charge in [-0.1, -0.05) is 17.8 Å². The topological polar surface area (TPSA) is 293 Å². The van der Waals surface area contributed by atoms with Crippen molar-refractivity contribution in [3.63, 3.8) is 0 Å². The Balaban J connectivity index is 0.000000121. The molecule has 133 heavy (non-hydrogen) atoms. The lowest BCUT2D eigenvalue weighted by Crippen LogP contribution is -2.41. The third-order valence-corrected chi connectivity index (χ3v) is 25.5. The predicted octanol–water partition coefficient (Wildman–Crippen LogP) is 21.0. The van der Waals surface area contributed by atoms with Gasteiger partial charge in [0.1, 0.15) is 81.5 Å². The van der Waals surface area contributed by atoms with Crippen LogP contribution in [0.25, 0.3) is 99.7 Å². The molecule has 10 N–H and O–H groups in total. The number of aromatic amines is 4. The van der Waals surface area contributed by atoms with E-state index in [-0.39, 0.29) is 22.7 Å². The van der Waals surface area contributed by atoms with Crippen LogP contribution in [0.1, 0.15) is 177 Å². The van der Waals surface area contributed by atoms with Crippen LogP contribution in [0.4, 0.5) is 57.9 Å². The van der Waals surface area contributed by atoms with Crippen LogP contribution in [0.15, 0.2) is 114 Å². The summed E-state index contributed by atoms with van der Waals surface area (Å²) in [5, 5.41) is 67.5. The fourth-order valence-electron chi connectivity index (χ4n) is 17.6. The summed E-state index contributed by atoms with van der Waals surface area (Å²) in [6.07, 6.45) is 10.2. The molecular formula is C99H100BBrF8N20O4. The lowest BCUT2D eigenvalue weighted by atomic mass is 9.78. The maximum Gasteiger partial charge on any atom is 0.497 e. The van der Waals surface area contributed by atoms with Crippen LogP contribution in [0.2, 0.25) is 0 Å². The van der Waals surface area contributed by atoms with Gasteiger partial charge in [0, 0.05) is 90.7 Å². The van der Waals surface area contributed by atoms with Gasteiger partial charge < -0.3 is 60.7 Å². The number of aliphatic hydroxyl groups is 2. The van der Waals surface area contributed by atoms with Gasteiger partial charge in [0.25, 0.3) is 0 Å². The van der Waals surface area contributed by atoms with Crippen LogP contribution in [-0.4, -0.2) is 120 Å². The van der Waals surface area contributed by atoms with Crippen molar-refractivity contribution in [3.8, 4) is 80.3 Å². The fourth-order valence-corrected chi connectivity index (χ4v) is 18.2. The second kappa shape index (κ2) is 33.7. The molecule has 2 atom stereocenters. The number of rotatable bonds is 4. The quantitative estimate of drug-likeness (QED) is 0.0445. The molecule has 2 unspecified atom stereocenters. The number of hydrogen-bond donors (Lipinski definition) is 10. The monoisotopic (exact) mass is 1870 g/mol. The number of anilines is 4. The van der Waals surface area contributed by atoms with Gasteiger partial charge in [-0.05, 0) is 288 Å². The van der Waals surface area contributed by atoms with E-state index < -0.39 is 82.0 Å². The molecule has 0 spiro atoms. The number of halogens is 9. The molecule has 24 nitrogen and oxygen atoms in total. The first-order valence-electron chi connectivity index (χ1n) is 43.1. The molecule has 13 heterocycles. The summed E-state index contributed by atoms with van der Waals surface area (Å²) in [5.74, 6) is 9.39. The molecule has 5 aliphatic rings. The number of benzene rings is 8. The van der Waals surface area contributed by atoms with E-state index in [0.29, 0.717) is 157 Å². The zero-order valence-electron chi connectivity index (χ0n) is 77.7. The van der Waals surface area contributed by atoms with Gasteiger partial charge in [-0.2, -0.15) is 0 Å². The number of H-pyrrole nitrogens is 4. The highest BCUT2D eigenvalue weighted by Gasteiger charge is 2.53. The second-order valence-electron chi connectivity index (χ2n) is 37.3. The van der Waals surface area contributed by atoms with Gasteiger partial charge in [-0.25, -0.2) is 35.1 Å². The van der Waals surface area contributed by atoms with Crippen molar-refractivity contribution in [2.45, 2.75) is 205 Å². The number of nitrogens with zero attached hydrogens (tertiary/aromatic N) is 12. The minimum absolute atomic E-state index is 0.258. The Morgan fingerprint density at radius 1 is 0.391 bits per heavy atom. The summed E-state index contributed by atoms with van der Waals surface area (Å²) in [6.45, 7) is 43.7. The van der Waals surface area contributed by atoms with Crippen molar-refractivity contribution in [1.29, 1.82) is 0 Å². The molecule has 8 aromatic heterocycles. The van der Waals surface area contributed by atoms with Gasteiger partial charge in [0.2, 0.25) is 0 Å². The Morgan fingerprint density at radius 3 is 1.11 bits per heavy atom. The third-order valence-electron chi connectivity index (χ3n) is 24.9. The average molecular weight is 1880 g/mol. The number of hydrogen-bond acceptors (Lipinski definition) is 16. The second-order valence-corrected chi connectivity index (χ2v) is 38.2. The van der Waals surface area contributed by atoms with Crippen molar-refractivity contribution in [2.24, 2.45) is 0 Å². The van der Waals surface area contributed by atoms with Crippen molar-refractivity contribution in [3.05, 3.63) is 241 Å². The lowest BCUT2D eigenvalue weighted by Gasteiger charge is -2.35. The van der Waals surface area contributed by atoms with E-state index in [2.05, 4.69) is 122 Å². The van der Waals surface area contributed by atoms with Gasteiger partial charge >= 0.3 is 7.12 Å². The van der Waals surface area contributed by atoms with Crippen molar-refractivity contribution < 1.29 is 54.6 Å². The van der Waals surface area contributed by atoms with Gasteiger partial charge in [-0.15, -0.1) is 47.2 Å². The Morgan fingerprint density at radius 2 is 0.722 bits per heavy atom. The number of terminal acetylenes is 1. The molecule has 686 valence electrons. The Hall–Kier alpha value is -13.4. The molecular weight excluding hydrogens is 1780 g/mol. The van der Waals surface area contributed by atoms with Crippen LogP contribution >= 0.6 is 15.9 Å². The fraction of sp³-hybridized carbons (Fsp3) is 0.313. The maximum absolute atomic E-state index is 16.2. The lowest BCUT2D eigenvalue weighted by molar-refractivity contribution is 0.00578. The molecule has 0 radical (unpaired) electrons. The standard InChI is InChI=1S/C25H23F2N5O.C22H21F2N5.C21H19F2N5.C14H17BFNO2.C13H14BrFN4.C4H6O/c1-12-8-18(19-10-16(26)9-17-15(7-6-13(2)33)11-28-22(17)19)20(27)23-21(12)29-25(4,5)24-31-30-14(3)32(23)24;1-10-6-15(16-8-13(23)7-14-11(2)9-25-19(14)16)17(24)20-18(10)26-22(4,5)21-28-27-12(3)29(20)21;1-10-7-14(15-9-13(22)8-12-5-6-24-18(12)15)16(23)19-17(10)25-21(3,4)20-27-26-11(2)28(19)20;1-13(2)14(3,4)19-15(18-13)11-8-10(16)7-9-5-6-17-12(9)11;1-6-5-8(14)9(15)11-10(6)16-13(3,4)12-18-17-7(2)19(11)12;1-3-4(2)5/h8-11,13,28-29,33H,1-5H3;6-9,25-26H,1-5H3;5-9,24-25H,1-4H3;5-8,17H,1-4H3;5,16H,1-4H3;1,4-5H,2H3. The van der Waals surface area contributed by atoms with E-state index in [1.807, 2.05) is 137 Å². The summed E-state index contributed by atoms with van der Waals surface area (Å²) in [5.41, 5.74) is 12.4. The highest BCUT2D eigenvalue weighted by Crippen LogP contribution is 2.50. The molecule has 16 aromatic rings. The van der Waals surface area contributed by atoms with Gasteiger partial charge in [-0.3, -0.25) is 18.3 Å². The van der Waals surface area contributed by atoms with E-state index in [0.717, 1.165) is 49.8 Å². The first-order chi connectivity index (χ1) is 62.4. The number of aryl methyl sites for hydroxylation is 9. The van der Waals surface area contributed by atoms with Crippen LogP contribution in [0, 0.1) is 133 Å². The van der Waals surface area contributed by atoms with E-state index in [1.54, 1.807) is 102 Å². The van der Waals surface area contributed by atoms with Crippen molar-refractivity contribution >= 4 is 94.9 Å². The first kappa shape index (κ1) is 92.9. The highest BCUT2D eigenvalue weighted by atomic mass is 79.9. The Kier molecular flexibility index (Phi) is 23.5. The summed E-state index contributed by atoms with van der Waals surface area (Å²) in [6, 6.07) is 21.9.